The van der Waals surface area contributed by atoms with E-state index in [4.69, 9.17) is 16.6 Å². The SMILES string of the molecule is O=C(Cc1ccccc1)NN1C(=O)C(=Cc2ccc(-c3cccc([N+](=O)[O-])c3)o2)SC1=S. The summed E-state index contributed by atoms with van der Waals surface area (Å²) in [5.74, 6) is -0.0244. The fourth-order valence-corrected chi connectivity index (χ4v) is 4.16. The first-order chi connectivity index (χ1) is 15.4. The van der Waals surface area contributed by atoms with Crippen molar-refractivity contribution in [3.8, 4) is 11.3 Å². The standard InChI is InChI=1S/C22H15N3O5S2/c26-20(11-14-5-2-1-3-6-14)23-24-21(27)19(32-22(24)31)13-17-9-10-18(30-17)15-7-4-8-16(12-15)25(28)29/h1-10,12-13H,11H2,(H,23,26). The van der Waals surface area contributed by atoms with E-state index in [2.05, 4.69) is 5.43 Å². The zero-order valence-electron chi connectivity index (χ0n) is 16.4. The average Bonchev–Trinajstić information content (AvgIpc) is 3.35. The van der Waals surface area contributed by atoms with Gasteiger partial charge in [0, 0.05) is 23.8 Å². The third-order valence-electron chi connectivity index (χ3n) is 4.48. The zero-order chi connectivity index (χ0) is 22.7. The lowest BCUT2D eigenvalue weighted by atomic mass is 10.1. The van der Waals surface area contributed by atoms with E-state index >= 15 is 0 Å². The topological polar surface area (TPSA) is 106 Å². The van der Waals surface area contributed by atoms with Crippen LogP contribution in [-0.2, 0) is 16.0 Å². The Morgan fingerprint density at radius 3 is 2.69 bits per heavy atom. The Labute approximate surface area is 192 Å². The summed E-state index contributed by atoms with van der Waals surface area (Å²) < 4.78 is 5.93. The van der Waals surface area contributed by atoms with Gasteiger partial charge in [0.05, 0.1) is 16.2 Å². The van der Waals surface area contributed by atoms with Crippen LogP contribution in [0, 0.1) is 10.1 Å². The van der Waals surface area contributed by atoms with Crippen LogP contribution >= 0.6 is 24.0 Å². The van der Waals surface area contributed by atoms with Crippen molar-refractivity contribution in [1.82, 2.24) is 10.4 Å². The van der Waals surface area contributed by atoms with Crippen LogP contribution in [0.4, 0.5) is 5.69 Å². The number of carbonyl (C=O) groups is 2. The minimum absolute atomic E-state index is 0.0486. The number of hydrazine groups is 1. The number of amides is 2. The lowest BCUT2D eigenvalue weighted by Crippen LogP contribution is -2.45. The molecule has 1 N–H and O–H groups in total. The van der Waals surface area contributed by atoms with E-state index < -0.39 is 10.8 Å². The maximum atomic E-state index is 12.7. The van der Waals surface area contributed by atoms with Crippen molar-refractivity contribution in [2.24, 2.45) is 0 Å². The number of rotatable bonds is 6. The van der Waals surface area contributed by atoms with Crippen molar-refractivity contribution in [2.75, 3.05) is 0 Å². The minimum atomic E-state index is -0.481. The van der Waals surface area contributed by atoms with Gasteiger partial charge in [-0.1, -0.05) is 54.2 Å². The van der Waals surface area contributed by atoms with Crippen LogP contribution in [0.25, 0.3) is 17.4 Å². The third-order valence-corrected chi connectivity index (χ3v) is 5.78. The number of furan rings is 1. The van der Waals surface area contributed by atoms with Gasteiger partial charge in [-0.15, -0.1) is 0 Å². The first-order valence-electron chi connectivity index (χ1n) is 9.37. The fourth-order valence-electron chi connectivity index (χ4n) is 3.00. The molecule has 10 heteroatoms. The Morgan fingerprint density at radius 2 is 1.94 bits per heavy atom. The Hall–Kier alpha value is -3.76. The van der Waals surface area contributed by atoms with Crippen LogP contribution in [0.1, 0.15) is 11.3 Å². The molecule has 0 atom stereocenters. The van der Waals surface area contributed by atoms with Gasteiger partial charge in [0.25, 0.3) is 11.6 Å². The van der Waals surface area contributed by atoms with Crippen LogP contribution in [0.2, 0.25) is 0 Å². The molecule has 160 valence electrons. The van der Waals surface area contributed by atoms with E-state index in [0.29, 0.717) is 17.1 Å². The van der Waals surface area contributed by atoms with Crippen LogP contribution in [0.15, 0.2) is 76.1 Å². The minimum Gasteiger partial charge on any atom is -0.457 e. The second-order valence-electron chi connectivity index (χ2n) is 6.72. The summed E-state index contributed by atoms with van der Waals surface area (Å²) in [5.41, 5.74) is 3.85. The van der Waals surface area contributed by atoms with Crippen molar-refractivity contribution < 1.29 is 18.9 Å². The van der Waals surface area contributed by atoms with Gasteiger partial charge >= 0.3 is 0 Å². The Kier molecular flexibility index (Phi) is 6.15. The molecule has 0 bridgehead atoms. The van der Waals surface area contributed by atoms with E-state index in [1.54, 1.807) is 24.3 Å². The molecule has 4 rings (SSSR count). The average molecular weight is 466 g/mol. The molecule has 3 aromatic rings. The van der Waals surface area contributed by atoms with Gasteiger partial charge in [-0.2, -0.15) is 5.01 Å². The maximum absolute atomic E-state index is 12.7. The summed E-state index contributed by atoms with van der Waals surface area (Å²) in [6.45, 7) is 0. The fraction of sp³-hybridized carbons (Fsp3) is 0.0455. The Morgan fingerprint density at radius 1 is 1.16 bits per heavy atom. The molecule has 1 aromatic heterocycles. The number of thioether (sulfide) groups is 1. The van der Waals surface area contributed by atoms with Gasteiger partial charge in [-0.25, -0.2) is 0 Å². The van der Waals surface area contributed by atoms with Crippen LogP contribution in [0.3, 0.4) is 0 Å². The van der Waals surface area contributed by atoms with Crippen LogP contribution in [0.5, 0.6) is 0 Å². The predicted octanol–water partition coefficient (Wildman–Crippen LogP) is 4.33. The van der Waals surface area contributed by atoms with Gasteiger partial charge < -0.3 is 4.42 Å². The zero-order valence-corrected chi connectivity index (χ0v) is 18.0. The van der Waals surface area contributed by atoms with E-state index in [0.717, 1.165) is 22.3 Å². The van der Waals surface area contributed by atoms with E-state index in [1.165, 1.54) is 18.2 Å². The number of thiocarbonyl (C=S) groups is 1. The molecule has 32 heavy (non-hydrogen) atoms. The summed E-state index contributed by atoms with van der Waals surface area (Å²) in [7, 11) is 0. The summed E-state index contributed by atoms with van der Waals surface area (Å²) in [4.78, 5) is 35.8. The molecule has 1 saturated heterocycles. The second-order valence-corrected chi connectivity index (χ2v) is 8.40. The highest BCUT2D eigenvalue weighted by Crippen LogP contribution is 2.33. The molecule has 1 aliphatic rings. The number of nitro benzene ring substituents is 1. The number of hydrogen-bond donors (Lipinski definition) is 1. The van der Waals surface area contributed by atoms with Gasteiger partial charge in [-0.05, 0) is 29.9 Å². The Bertz CT molecular complexity index is 1250. The largest absolute Gasteiger partial charge is 0.457 e. The monoisotopic (exact) mass is 465 g/mol. The van der Waals surface area contributed by atoms with Gasteiger partial charge in [0.15, 0.2) is 4.32 Å². The summed E-state index contributed by atoms with van der Waals surface area (Å²) in [5, 5.41) is 12.0. The number of non-ortho nitro benzene ring substituents is 1. The predicted molar refractivity (Wildman–Crippen MR) is 124 cm³/mol. The normalized spacial score (nSPS) is 14.8. The Balaban J connectivity index is 1.47. The molecule has 1 aliphatic heterocycles. The summed E-state index contributed by atoms with van der Waals surface area (Å²) in [6.07, 6.45) is 1.63. The highest BCUT2D eigenvalue weighted by atomic mass is 32.2. The van der Waals surface area contributed by atoms with Crippen molar-refractivity contribution in [3.63, 3.8) is 0 Å². The van der Waals surface area contributed by atoms with Crippen molar-refractivity contribution in [1.29, 1.82) is 0 Å². The molecule has 2 amide bonds. The molecular formula is C22H15N3O5S2. The molecule has 0 unspecified atom stereocenters. The number of benzene rings is 2. The quantitative estimate of drug-likeness (QED) is 0.250. The molecule has 8 nitrogen and oxygen atoms in total. The number of nitrogens with one attached hydrogen (secondary N) is 1. The number of hydrogen-bond acceptors (Lipinski definition) is 7. The maximum Gasteiger partial charge on any atom is 0.285 e. The van der Waals surface area contributed by atoms with Gasteiger partial charge in [0.2, 0.25) is 5.91 Å². The summed E-state index contributed by atoms with van der Waals surface area (Å²) in [6, 6.07) is 18.5. The highest BCUT2D eigenvalue weighted by Gasteiger charge is 2.33. The molecule has 0 spiro atoms. The number of nitro groups is 1. The second kappa shape index (κ2) is 9.16. The van der Waals surface area contributed by atoms with Crippen LogP contribution < -0.4 is 5.43 Å². The number of nitrogens with zero attached hydrogens (tertiary/aromatic N) is 2. The highest BCUT2D eigenvalue weighted by molar-refractivity contribution is 8.26. The first-order valence-corrected chi connectivity index (χ1v) is 10.6. The first kappa shape index (κ1) is 21.5. The van der Waals surface area contributed by atoms with Crippen molar-refractivity contribution in [3.05, 3.63) is 93.1 Å². The van der Waals surface area contributed by atoms with Crippen molar-refractivity contribution >= 4 is 51.9 Å². The lowest BCUT2D eigenvalue weighted by molar-refractivity contribution is -0.384. The molecule has 2 aromatic carbocycles. The molecule has 0 saturated carbocycles. The van der Waals surface area contributed by atoms with Gasteiger partial charge in [-0.3, -0.25) is 25.1 Å². The summed E-state index contributed by atoms with van der Waals surface area (Å²) >= 11 is 6.27. The lowest BCUT2D eigenvalue weighted by Gasteiger charge is -2.15. The molecular weight excluding hydrogens is 450 g/mol. The van der Waals surface area contributed by atoms with Crippen LogP contribution in [-0.4, -0.2) is 26.1 Å². The van der Waals surface area contributed by atoms with Crippen molar-refractivity contribution in [2.45, 2.75) is 6.42 Å². The molecule has 0 radical (unpaired) electrons. The molecule has 2 heterocycles. The van der Waals surface area contributed by atoms with Gasteiger partial charge in [0.1, 0.15) is 11.5 Å². The van der Waals surface area contributed by atoms with E-state index in [-0.39, 0.29) is 27.2 Å². The molecule has 0 aliphatic carbocycles. The van der Waals surface area contributed by atoms with E-state index in [9.17, 15) is 19.7 Å². The number of carbonyl (C=O) groups excluding carboxylic acids is 2. The third kappa shape index (κ3) is 4.76. The molecule has 1 fully saturated rings. The smallest absolute Gasteiger partial charge is 0.285 e. The van der Waals surface area contributed by atoms with E-state index in [1.807, 2.05) is 30.3 Å².